The third kappa shape index (κ3) is 3.20. The van der Waals surface area contributed by atoms with E-state index in [0.29, 0.717) is 36.0 Å². The molecule has 0 radical (unpaired) electrons. The van der Waals surface area contributed by atoms with Crippen molar-refractivity contribution in [1.29, 1.82) is 0 Å². The number of hydrogen-bond acceptors (Lipinski definition) is 7. The molecular weight excluding hydrogens is 366 g/mol. The molecule has 2 aromatic carbocycles. The van der Waals surface area contributed by atoms with Crippen LogP contribution in [0.15, 0.2) is 42.5 Å². The molecule has 8 nitrogen and oxygen atoms in total. The van der Waals surface area contributed by atoms with Crippen molar-refractivity contribution in [1.82, 2.24) is 0 Å². The molecule has 2 heterocycles. The average molecular weight is 381 g/mol. The molecule has 0 aromatic heterocycles. The van der Waals surface area contributed by atoms with E-state index in [0.717, 1.165) is 4.90 Å². The Kier molecular flexibility index (Phi) is 4.52. The van der Waals surface area contributed by atoms with Gasteiger partial charge in [-0.25, -0.2) is 0 Å². The number of fused-ring (bicyclic) bond motifs is 2. The number of benzene rings is 2. The fraction of sp³-hybridized carbons (Fsp3) is 0.200. The van der Waals surface area contributed by atoms with Crippen LogP contribution in [0.5, 0.6) is 11.5 Å². The van der Waals surface area contributed by atoms with Gasteiger partial charge in [0.2, 0.25) is 0 Å². The first kappa shape index (κ1) is 17.7. The summed E-state index contributed by atoms with van der Waals surface area (Å²) in [7, 11) is 0. The lowest BCUT2D eigenvalue weighted by Crippen LogP contribution is -2.36. The Balaban J connectivity index is 1.38. The summed E-state index contributed by atoms with van der Waals surface area (Å²) in [5.41, 5.74) is 0.912. The summed E-state index contributed by atoms with van der Waals surface area (Å²) in [5, 5.41) is 0. The van der Waals surface area contributed by atoms with Crippen LogP contribution >= 0.6 is 0 Å². The minimum Gasteiger partial charge on any atom is -0.486 e. The Morgan fingerprint density at radius 1 is 1.00 bits per heavy atom. The van der Waals surface area contributed by atoms with Gasteiger partial charge in [-0.05, 0) is 30.3 Å². The molecule has 2 aliphatic rings. The van der Waals surface area contributed by atoms with Crippen molar-refractivity contribution in [2.75, 3.05) is 31.3 Å². The summed E-state index contributed by atoms with van der Waals surface area (Å²) in [6.07, 6.45) is 0. The van der Waals surface area contributed by atoms with E-state index >= 15 is 0 Å². The zero-order valence-electron chi connectivity index (χ0n) is 14.7. The lowest BCUT2D eigenvalue weighted by Gasteiger charge is -2.18. The van der Waals surface area contributed by atoms with Gasteiger partial charge in [0.15, 0.2) is 23.9 Å². The number of ketones is 2. The van der Waals surface area contributed by atoms with E-state index in [2.05, 4.69) is 0 Å². The molecule has 0 spiro atoms. The number of nitrogens with zero attached hydrogens (tertiary/aromatic N) is 1. The quantitative estimate of drug-likeness (QED) is 0.439. The minimum atomic E-state index is -0.795. The molecule has 0 saturated heterocycles. The fourth-order valence-electron chi connectivity index (χ4n) is 3.03. The number of hydrogen-bond donors (Lipinski definition) is 0. The molecule has 0 saturated carbocycles. The maximum absolute atomic E-state index is 12.3. The molecule has 0 aliphatic carbocycles. The number of amides is 1. The van der Waals surface area contributed by atoms with Crippen molar-refractivity contribution in [3.63, 3.8) is 0 Å². The number of para-hydroxylation sites is 1. The van der Waals surface area contributed by atoms with Crippen LogP contribution in [0.1, 0.15) is 20.7 Å². The Hall–Kier alpha value is -3.68. The first-order valence-electron chi connectivity index (χ1n) is 8.58. The highest BCUT2D eigenvalue weighted by Crippen LogP contribution is 2.31. The third-order valence-corrected chi connectivity index (χ3v) is 4.39. The van der Waals surface area contributed by atoms with Gasteiger partial charge in [0.05, 0.1) is 11.3 Å². The summed E-state index contributed by atoms with van der Waals surface area (Å²) in [5.74, 6) is -1.66. The first-order valence-corrected chi connectivity index (χ1v) is 8.58. The molecule has 28 heavy (non-hydrogen) atoms. The van der Waals surface area contributed by atoms with Crippen molar-refractivity contribution in [2.45, 2.75) is 0 Å². The average Bonchev–Trinajstić information content (AvgIpc) is 2.96. The Morgan fingerprint density at radius 3 is 2.57 bits per heavy atom. The smallest absolute Gasteiger partial charge is 0.326 e. The maximum Gasteiger partial charge on any atom is 0.326 e. The maximum atomic E-state index is 12.3. The van der Waals surface area contributed by atoms with Crippen LogP contribution in [-0.4, -0.2) is 49.8 Å². The SMILES string of the molecule is O=C(CN1C(=O)C(=O)c2ccccc21)OCC(=O)c1ccc2c(c1)OCCO2. The number of Topliss-reactive ketones (excluding diaryl/α,β-unsaturated/α-hetero) is 2. The second-order valence-corrected chi connectivity index (χ2v) is 6.18. The zero-order valence-corrected chi connectivity index (χ0v) is 14.7. The Labute approximate surface area is 159 Å². The van der Waals surface area contributed by atoms with Crippen molar-refractivity contribution < 1.29 is 33.4 Å². The van der Waals surface area contributed by atoms with E-state index in [1.807, 2.05) is 0 Å². The van der Waals surface area contributed by atoms with Crippen molar-refractivity contribution in [3.05, 3.63) is 53.6 Å². The molecular formula is C20H15NO7. The van der Waals surface area contributed by atoms with Crippen molar-refractivity contribution in [3.8, 4) is 11.5 Å². The van der Waals surface area contributed by atoms with Gasteiger partial charge >= 0.3 is 5.97 Å². The summed E-state index contributed by atoms with van der Waals surface area (Å²) in [6, 6.07) is 11.1. The van der Waals surface area contributed by atoms with Gasteiger partial charge in [-0.3, -0.25) is 24.1 Å². The third-order valence-electron chi connectivity index (χ3n) is 4.39. The molecule has 0 bridgehead atoms. The highest BCUT2D eigenvalue weighted by Gasteiger charge is 2.36. The van der Waals surface area contributed by atoms with Gasteiger partial charge in [-0.1, -0.05) is 12.1 Å². The van der Waals surface area contributed by atoms with E-state index in [1.54, 1.807) is 30.3 Å². The van der Waals surface area contributed by atoms with Crippen LogP contribution in [0, 0.1) is 0 Å². The predicted molar refractivity (Wildman–Crippen MR) is 95.8 cm³/mol. The van der Waals surface area contributed by atoms with Crippen LogP contribution in [-0.2, 0) is 14.3 Å². The van der Waals surface area contributed by atoms with Crippen molar-refractivity contribution in [2.24, 2.45) is 0 Å². The van der Waals surface area contributed by atoms with Crippen LogP contribution in [0.25, 0.3) is 0 Å². The highest BCUT2D eigenvalue weighted by atomic mass is 16.6. The van der Waals surface area contributed by atoms with Crippen LogP contribution in [0.3, 0.4) is 0 Å². The first-order chi connectivity index (χ1) is 13.5. The molecule has 2 aliphatic heterocycles. The number of carbonyl (C=O) groups excluding carboxylic acids is 4. The van der Waals surface area contributed by atoms with Gasteiger partial charge in [0, 0.05) is 5.56 Å². The van der Waals surface area contributed by atoms with Crippen LogP contribution in [0.4, 0.5) is 5.69 Å². The standard InChI is InChI=1S/C20H15NO7/c22-15(12-5-6-16-17(9-12)27-8-7-26-16)11-28-18(23)10-21-14-4-2-1-3-13(14)19(24)20(21)25/h1-6,9H,7-8,10-11H2. The topological polar surface area (TPSA) is 99.2 Å². The fourth-order valence-corrected chi connectivity index (χ4v) is 3.03. The molecule has 0 fully saturated rings. The minimum absolute atomic E-state index is 0.243. The number of ether oxygens (including phenoxy) is 3. The number of esters is 1. The van der Waals surface area contributed by atoms with Gasteiger partial charge in [-0.2, -0.15) is 0 Å². The Morgan fingerprint density at radius 2 is 1.75 bits per heavy atom. The summed E-state index contributed by atoms with van der Waals surface area (Å²) < 4.78 is 15.8. The van der Waals surface area contributed by atoms with E-state index in [4.69, 9.17) is 14.2 Å². The lowest BCUT2D eigenvalue weighted by atomic mass is 10.1. The number of carbonyl (C=O) groups is 4. The van der Waals surface area contributed by atoms with E-state index in [1.165, 1.54) is 12.1 Å². The molecule has 8 heteroatoms. The van der Waals surface area contributed by atoms with E-state index in [-0.39, 0.29) is 5.56 Å². The van der Waals surface area contributed by atoms with E-state index in [9.17, 15) is 19.2 Å². The second-order valence-electron chi connectivity index (χ2n) is 6.18. The molecule has 0 N–H and O–H groups in total. The van der Waals surface area contributed by atoms with Gasteiger partial charge in [-0.15, -0.1) is 0 Å². The van der Waals surface area contributed by atoms with Gasteiger partial charge < -0.3 is 14.2 Å². The molecule has 4 rings (SSSR count). The normalized spacial score (nSPS) is 14.6. The number of anilines is 1. The summed E-state index contributed by atoms with van der Waals surface area (Å²) in [4.78, 5) is 49.4. The highest BCUT2D eigenvalue weighted by molar-refractivity contribution is 6.52. The molecule has 0 unspecified atom stereocenters. The van der Waals surface area contributed by atoms with Crippen molar-refractivity contribution >= 4 is 29.1 Å². The molecule has 142 valence electrons. The van der Waals surface area contributed by atoms with E-state index < -0.39 is 36.6 Å². The number of rotatable bonds is 5. The summed E-state index contributed by atoms with van der Waals surface area (Å²) >= 11 is 0. The molecule has 0 atom stereocenters. The summed E-state index contributed by atoms with van der Waals surface area (Å²) in [6.45, 7) is -0.103. The van der Waals surface area contributed by atoms with Crippen LogP contribution < -0.4 is 14.4 Å². The molecule has 2 aromatic rings. The molecule has 1 amide bonds. The van der Waals surface area contributed by atoms with Gasteiger partial charge in [0.1, 0.15) is 19.8 Å². The lowest BCUT2D eigenvalue weighted by molar-refractivity contribution is -0.141. The monoisotopic (exact) mass is 381 g/mol. The predicted octanol–water partition coefficient (Wildman–Crippen LogP) is 1.41. The second kappa shape index (κ2) is 7.15. The van der Waals surface area contributed by atoms with Gasteiger partial charge in [0.25, 0.3) is 11.7 Å². The largest absolute Gasteiger partial charge is 0.486 e. The zero-order chi connectivity index (χ0) is 19.7. The van der Waals surface area contributed by atoms with Crippen LogP contribution in [0.2, 0.25) is 0 Å². The Bertz CT molecular complexity index is 998.